The number of hydrogen-bond donors (Lipinski definition) is 1. The number of carbonyl (C=O) groups is 2. The van der Waals surface area contributed by atoms with Crippen molar-refractivity contribution in [1.82, 2.24) is 10.2 Å². The van der Waals surface area contributed by atoms with Gasteiger partial charge in [-0.15, -0.1) is 0 Å². The highest BCUT2D eigenvalue weighted by Gasteiger charge is 2.46. The van der Waals surface area contributed by atoms with Crippen molar-refractivity contribution in [3.8, 4) is 6.07 Å². The molecule has 0 spiro atoms. The maximum Gasteiger partial charge on any atom is 0.243 e. The molecular weight excluding hydrogens is 230 g/mol. The van der Waals surface area contributed by atoms with Crippen molar-refractivity contribution in [1.29, 1.82) is 5.26 Å². The molecule has 0 aromatic carbocycles. The van der Waals surface area contributed by atoms with Gasteiger partial charge in [0.15, 0.2) is 0 Å². The Morgan fingerprint density at radius 1 is 1.56 bits per heavy atom. The third-order valence-corrected chi connectivity index (χ3v) is 4.06. The van der Waals surface area contributed by atoms with Crippen molar-refractivity contribution < 1.29 is 9.59 Å². The fourth-order valence-electron chi connectivity index (χ4n) is 2.99. The van der Waals surface area contributed by atoms with Gasteiger partial charge in [0.2, 0.25) is 11.8 Å². The van der Waals surface area contributed by atoms with E-state index >= 15 is 0 Å². The third kappa shape index (κ3) is 1.96. The molecule has 0 aromatic rings. The van der Waals surface area contributed by atoms with Crippen molar-refractivity contribution >= 4 is 11.8 Å². The lowest BCUT2D eigenvalue weighted by molar-refractivity contribution is -0.148. The predicted octanol–water partition coefficient (Wildman–Crippen LogP) is 0.807. The van der Waals surface area contributed by atoms with Crippen LogP contribution in [-0.2, 0) is 9.59 Å². The molecule has 1 unspecified atom stereocenters. The molecule has 0 aromatic heterocycles. The van der Waals surface area contributed by atoms with Crippen molar-refractivity contribution in [2.45, 2.75) is 45.1 Å². The van der Waals surface area contributed by atoms with E-state index in [2.05, 4.69) is 11.4 Å². The molecule has 0 radical (unpaired) electrons. The van der Waals surface area contributed by atoms with E-state index in [0.717, 1.165) is 12.8 Å². The third-order valence-electron chi connectivity index (χ3n) is 4.06. The molecule has 2 aliphatic rings. The maximum absolute atomic E-state index is 12.6. The first-order valence-electron chi connectivity index (χ1n) is 6.64. The Morgan fingerprint density at radius 3 is 2.78 bits per heavy atom. The maximum atomic E-state index is 12.6. The van der Waals surface area contributed by atoms with Gasteiger partial charge in [0, 0.05) is 13.1 Å². The Kier molecular flexibility index (Phi) is 3.55. The smallest absolute Gasteiger partial charge is 0.243 e. The molecule has 5 nitrogen and oxygen atoms in total. The second-order valence-electron chi connectivity index (χ2n) is 5.11. The Bertz CT molecular complexity index is 394. The first kappa shape index (κ1) is 12.9. The highest BCUT2D eigenvalue weighted by molar-refractivity contribution is 5.92. The zero-order chi connectivity index (χ0) is 13.2. The monoisotopic (exact) mass is 249 g/mol. The van der Waals surface area contributed by atoms with E-state index in [1.54, 1.807) is 4.90 Å². The van der Waals surface area contributed by atoms with Crippen LogP contribution in [0.2, 0.25) is 0 Å². The summed E-state index contributed by atoms with van der Waals surface area (Å²) in [5, 5.41) is 12.1. The molecule has 5 heteroatoms. The summed E-state index contributed by atoms with van der Waals surface area (Å²) in [7, 11) is 0. The molecule has 2 amide bonds. The molecule has 1 N–H and O–H groups in total. The van der Waals surface area contributed by atoms with Gasteiger partial charge in [-0.2, -0.15) is 5.26 Å². The van der Waals surface area contributed by atoms with E-state index in [4.69, 9.17) is 0 Å². The lowest BCUT2D eigenvalue weighted by atomic mass is 9.85. The number of rotatable bonds is 2. The number of carbonyl (C=O) groups excluding carboxylic acids is 2. The van der Waals surface area contributed by atoms with Crippen LogP contribution < -0.4 is 5.32 Å². The normalized spacial score (nSPS) is 26.6. The van der Waals surface area contributed by atoms with Crippen LogP contribution in [0.5, 0.6) is 0 Å². The van der Waals surface area contributed by atoms with Crippen LogP contribution in [-0.4, -0.2) is 35.8 Å². The van der Waals surface area contributed by atoms with Gasteiger partial charge in [-0.25, -0.2) is 0 Å². The summed E-state index contributed by atoms with van der Waals surface area (Å²) < 4.78 is 0. The molecule has 1 aliphatic carbocycles. The minimum Gasteiger partial charge on any atom is -0.353 e. The van der Waals surface area contributed by atoms with Crippen LogP contribution in [0, 0.1) is 16.7 Å². The van der Waals surface area contributed by atoms with Gasteiger partial charge in [0.05, 0.1) is 6.07 Å². The van der Waals surface area contributed by atoms with Gasteiger partial charge in [-0.3, -0.25) is 9.59 Å². The van der Waals surface area contributed by atoms with Crippen LogP contribution >= 0.6 is 0 Å². The molecule has 0 bridgehead atoms. The van der Waals surface area contributed by atoms with E-state index in [0.29, 0.717) is 32.4 Å². The Morgan fingerprint density at radius 2 is 2.22 bits per heavy atom. The van der Waals surface area contributed by atoms with Crippen molar-refractivity contribution in [3.63, 3.8) is 0 Å². The van der Waals surface area contributed by atoms with E-state index in [1.165, 1.54) is 0 Å². The van der Waals surface area contributed by atoms with Crippen LogP contribution in [0.15, 0.2) is 0 Å². The van der Waals surface area contributed by atoms with E-state index in [-0.39, 0.29) is 11.8 Å². The lowest BCUT2D eigenvalue weighted by Gasteiger charge is -2.38. The average Bonchev–Trinajstić information content (AvgIpc) is 2.87. The summed E-state index contributed by atoms with van der Waals surface area (Å²) >= 11 is 0. The van der Waals surface area contributed by atoms with Crippen LogP contribution in [0.25, 0.3) is 0 Å². The van der Waals surface area contributed by atoms with Crippen LogP contribution in [0.1, 0.15) is 39.0 Å². The summed E-state index contributed by atoms with van der Waals surface area (Å²) in [6.45, 7) is 2.90. The quantitative estimate of drug-likeness (QED) is 0.787. The van der Waals surface area contributed by atoms with Gasteiger partial charge in [0.25, 0.3) is 0 Å². The zero-order valence-corrected chi connectivity index (χ0v) is 10.7. The Hall–Kier alpha value is -1.57. The van der Waals surface area contributed by atoms with E-state index < -0.39 is 11.5 Å². The van der Waals surface area contributed by atoms with Crippen molar-refractivity contribution in [3.05, 3.63) is 0 Å². The Labute approximate surface area is 107 Å². The second-order valence-corrected chi connectivity index (χ2v) is 5.11. The van der Waals surface area contributed by atoms with E-state index in [1.807, 2.05) is 6.92 Å². The summed E-state index contributed by atoms with van der Waals surface area (Å²) in [5.74, 6) is -0.229. The SMILES string of the molecule is CCC1C(=O)NCCN1C(=O)C1(C#N)CCCC1. The molecule has 1 aliphatic heterocycles. The number of piperazine rings is 1. The average molecular weight is 249 g/mol. The summed E-state index contributed by atoms with van der Waals surface area (Å²) in [4.78, 5) is 26.0. The minimum atomic E-state index is -0.870. The molecule has 1 heterocycles. The van der Waals surface area contributed by atoms with Crippen molar-refractivity contribution in [2.75, 3.05) is 13.1 Å². The summed E-state index contributed by atoms with van der Waals surface area (Å²) in [5.41, 5.74) is -0.870. The molecular formula is C13H19N3O2. The number of hydrogen-bond acceptors (Lipinski definition) is 3. The molecule has 98 valence electrons. The van der Waals surface area contributed by atoms with Crippen LogP contribution in [0.4, 0.5) is 0 Å². The largest absolute Gasteiger partial charge is 0.353 e. The molecule has 2 rings (SSSR count). The van der Waals surface area contributed by atoms with Gasteiger partial charge in [-0.05, 0) is 19.3 Å². The summed E-state index contributed by atoms with van der Waals surface area (Å²) in [6.07, 6.45) is 3.72. The van der Waals surface area contributed by atoms with E-state index in [9.17, 15) is 14.9 Å². The number of nitrogens with one attached hydrogen (secondary N) is 1. The number of nitrogens with zero attached hydrogens (tertiary/aromatic N) is 2. The molecule has 1 saturated carbocycles. The fraction of sp³-hybridized carbons (Fsp3) is 0.769. The van der Waals surface area contributed by atoms with Gasteiger partial charge in [0.1, 0.15) is 11.5 Å². The zero-order valence-electron chi connectivity index (χ0n) is 10.7. The topological polar surface area (TPSA) is 73.2 Å². The minimum absolute atomic E-state index is 0.0943. The van der Waals surface area contributed by atoms with Crippen LogP contribution in [0.3, 0.4) is 0 Å². The van der Waals surface area contributed by atoms with Gasteiger partial charge < -0.3 is 10.2 Å². The second kappa shape index (κ2) is 4.97. The fourth-order valence-corrected chi connectivity index (χ4v) is 2.99. The number of nitriles is 1. The molecule has 18 heavy (non-hydrogen) atoms. The van der Waals surface area contributed by atoms with Crippen molar-refractivity contribution in [2.24, 2.45) is 5.41 Å². The molecule has 1 saturated heterocycles. The standard InChI is InChI=1S/C13H19N3O2/c1-2-10-11(17)15-7-8-16(10)12(18)13(9-14)5-3-4-6-13/h10H,2-8H2,1H3,(H,15,17). The first-order chi connectivity index (χ1) is 8.64. The highest BCUT2D eigenvalue weighted by atomic mass is 16.2. The molecule has 2 fully saturated rings. The highest BCUT2D eigenvalue weighted by Crippen LogP contribution is 2.39. The predicted molar refractivity (Wildman–Crippen MR) is 65.3 cm³/mol. The summed E-state index contributed by atoms with van der Waals surface area (Å²) in [6, 6.07) is 1.81. The number of amides is 2. The first-order valence-corrected chi connectivity index (χ1v) is 6.64. The van der Waals surface area contributed by atoms with Gasteiger partial charge >= 0.3 is 0 Å². The molecule has 1 atom stereocenters. The lowest BCUT2D eigenvalue weighted by Crippen LogP contribution is -2.59. The van der Waals surface area contributed by atoms with Gasteiger partial charge in [-0.1, -0.05) is 19.8 Å². The Balaban J connectivity index is 2.21.